The molecule has 0 fully saturated rings. The van der Waals surface area contributed by atoms with Crippen LogP contribution in [0.1, 0.15) is 17.4 Å². The third-order valence-corrected chi connectivity index (χ3v) is 4.47. The lowest BCUT2D eigenvalue weighted by atomic mass is 10.3. The van der Waals surface area contributed by atoms with Gasteiger partial charge in [-0.25, -0.2) is 18.5 Å². The van der Waals surface area contributed by atoms with Crippen LogP contribution in [-0.2, 0) is 7.05 Å². The summed E-state index contributed by atoms with van der Waals surface area (Å²) in [6.07, 6.45) is -2.22. The minimum atomic E-state index is -4.50. The second kappa shape index (κ2) is 7.80. The molecule has 0 radical (unpaired) electrons. The highest BCUT2D eigenvalue weighted by Crippen LogP contribution is 2.28. The summed E-state index contributed by atoms with van der Waals surface area (Å²) < 4.78 is 68.8. The quantitative estimate of drug-likeness (QED) is 0.438. The molecule has 142 valence electrons. The molecule has 0 spiro atoms. The summed E-state index contributed by atoms with van der Waals surface area (Å²) in [5.41, 5.74) is -0.796. The standard InChI is InChI=1S/C14H12ClF5N4OS/c1-6(14(18,19)20)23-26-8-5-24(2)11(10(8)17)13(25)22-7-3-4-21-12(15)9(7)16/h3-6,23H,1-2H3,(H,21,22,25). The summed E-state index contributed by atoms with van der Waals surface area (Å²) in [4.78, 5) is 15.5. The first-order chi connectivity index (χ1) is 12.0. The van der Waals surface area contributed by atoms with Gasteiger partial charge in [0.2, 0.25) is 0 Å². The van der Waals surface area contributed by atoms with Crippen molar-refractivity contribution in [3.63, 3.8) is 0 Å². The number of anilines is 1. The van der Waals surface area contributed by atoms with E-state index in [1.165, 1.54) is 7.05 Å². The number of aromatic nitrogens is 2. The molecule has 2 aromatic heterocycles. The Balaban J connectivity index is 2.19. The van der Waals surface area contributed by atoms with Crippen LogP contribution < -0.4 is 10.0 Å². The molecule has 26 heavy (non-hydrogen) atoms. The van der Waals surface area contributed by atoms with Crippen molar-refractivity contribution in [3.05, 3.63) is 40.9 Å². The number of carbonyl (C=O) groups is 1. The van der Waals surface area contributed by atoms with Gasteiger partial charge in [-0.3, -0.25) is 4.79 Å². The predicted octanol–water partition coefficient (Wildman–Crippen LogP) is 4.15. The minimum Gasteiger partial charge on any atom is -0.343 e. The van der Waals surface area contributed by atoms with E-state index in [2.05, 4.69) is 10.3 Å². The monoisotopic (exact) mass is 414 g/mol. The Morgan fingerprint density at radius 3 is 2.62 bits per heavy atom. The molecule has 1 unspecified atom stereocenters. The average molecular weight is 415 g/mol. The van der Waals surface area contributed by atoms with Crippen LogP contribution in [0.5, 0.6) is 0 Å². The maximum Gasteiger partial charge on any atom is 0.404 e. The van der Waals surface area contributed by atoms with Crippen molar-refractivity contribution in [3.8, 4) is 0 Å². The first kappa shape index (κ1) is 20.5. The Morgan fingerprint density at radius 2 is 2.00 bits per heavy atom. The van der Waals surface area contributed by atoms with Crippen molar-refractivity contribution in [2.45, 2.75) is 24.0 Å². The lowest BCUT2D eigenvalue weighted by Crippen LogP contribution is -2.35. The molecule has 0 aromatic carbocycles. The Labute approximate surface area is 154 Å². The lowest BCUT2D eigenvalue weighted by molar-refractivity contribution is -0.146. The number of pyridine rings is 1. The van der Waals surface area contributed by atoms with Crippen LogP contribution in [0.25, 0.3) is 0 Å². The van der Waals surface area contributed by atoms with Crippen LogP contribution in [0, 0.1) is 11.6 Å². The maximum absolute atomic E-state index is 14.4. The number of hydrogen-bond donors (Lipinski definition) is 2. The fraction of sp³-hybridized carbons (Fsp3) is 0.286. The largest absolute Gasteiger partial charge is 0.404 e. The Morgan fingerprint density at radius 1 is 1.35 bits per heavy atom. The molecule has 12 heteroatoms. The summed E-state index contributed by atoms with van der Waals surface area (Å²) in [7, 11) is 1.32. The zero-order chi connectivity index (χ0) is 19.6. The van der Waals surface area contributed by atoms with E-state index in [1.807, 2.05) is 4.72 Å². The van der Waals surface area contributed by atoms with Crippen LogP contribution in [0.3, 0.4) is 0 Å². The number of aryl methyl sites for hydroxylation is 1. The first-order valence-electron chi connectivity index (χ1n) is 6.97. The molecule has 2 N–H and O–H groups in total. The second-order valence-corrected chi connectivity index (χ2v) is 6.41. The van der Waals surface area contributed by atoms with Crippen molar-refractivity contribution in [1.82, 2.24) is 14.3 Å². The summed E-state index contributed by atoms with van der Waals surface area (Å²) in [6.45, 7) is 0.872. The maximum atomic E-state index is 14.4. The van der Waals surface area contributed by atoms with E-state index >= 15 is 0 Å². The van der Waals surface area contributed by atoms with Gasteiger partial charge in [0.1, 0.15) is 11.7 Å². The van der Waals surface area contributed by atoms with E-state index < -0.39 is 40.6 Å². The number of alkyl halides is 3. The fourth-order valence-electron chi connectivity index (χ4n) is 1.81. The zero-order valence-electron chi connectivity index (χ0n) is 13.3. The molecule has 0 aliphatic heterocycles. The highest BCUT2D eigenvalue weighted by molar-refractivity contribution is 7.97. The van der Waals surface area contributed by atoms with Crippen molar-refractivity contribution >= 4 is 35.1 Å². The summed E-state index contributed by atoms with van der Waals surface area (Å²) in [6, 6.07) is -0.764. The summed E-state index contributed by atoms with van der Waals surface area (Å²) in [5.74, 6) is -3.04. The molecule has 5 nitrogen and oxygen atoms in total. The van der Waals surface area contributed by atoms with Gasteiger partial charge >= 0.3 is 6.18 Å². The Hall–Kier alpha value is -1.85. The van der Waals surface area contributed by atoms with Crippen molar-refractivity contribution in [2.75, 3.05) is 5.32 Å². The SMILES string of the molecule is CC(NSc1cn(C)c(C(=O)Nc2ccnc(Cl)c2F)c1F)C(F)(F)F. The Kier molecular flexibility index (Phi) is 6.14. The summed E-state index contributed by atoms with van der Waals surface area (Å²) in [5, 5.41) is 1.67. The molecule has 1 amide bonds. The van der Waals surface area contributed by atoms with Gasteiger partial charge in [-0.05, 0) is 24.9 Å². The number of amides is 1. The highest BCUT2D eigenvalue weighted by Gasteiger charge is 2.36. The van der Waals surface area contributed by atoms with Gasteiger partial charge in [0.25, 0.3) is 5.91 Å². The van der Waals surface area contributed by atoms with Crippen molar-refractivity contribution in [1.29, 1.82) is 0 Å². The van der Waals surface area contributed by atoms with Crippen molar-refractivity contribution in [2.24, 2.45) is 7.05 Å². The normalized spacial score (nSPS) is 12.9. The number of hydrogen-bond acceptors (Lipinski definition) is 4. The smallest absolute Gasteiger partial charge is 0.343 e. The van der Waals surface area contributed by atoms with E-state index in [1.54, 1.807) is 0 Å². The van der Waals surface area contributed by atoms with E-state index in [9.17, 15) is 26.7 Å². The molecule has 2 aromatic rings. The summed E-state index contributed by atoms with van der Waals surface area (Å²) >= 11 is 5.89. The molecule has 0 saturated carbocycles. The minimum absolute atomic E-state index is 0.220. The van der Waals surface area contributed by atoms with Gasteiger partial charge in [-0.1, -0.05) is 11.6 Å². The van der Waals surface area contributed by atoms with E-state index in [-0.39, 0.29) is 10.6 Å². The molecule has 0 aliphatic carbocycles. The zero-order valence-corrected chi connectivity index (χ0v) is 14.9. The number of rotatable bonds is 5. The van der Waals surface area contributed by atoms with Gasteiger partial charge in [-0.15, -0.1) is 0 Å². The molecule has 2 heterocycles. The van der Waals surface area contributed by atoms with Crippen molar-refractivity contribution < 1.29 is 26.7 Å². The number of nitrogens with one attached hydrogen (secondary N) is 2. The average Bonchev–Trinajstić information content (AvgIpc) is 2.82. The molecule has 0 aliphatic rings. The van der Waals surface area contributed by atoms with Gasteiger partial charge in [-0.2, -0.15) is 13.2 Å². The predicted molar refractivity (Wildman–Crippen MR) is 87.0 cm³/mol. The highest BCUT2D eigenvalue weighted by atomic mass is 35.5. The fourth-order valence-corrected chi connectivity index (χ4v) is 2.81. The van der Waals surface area contributed by atoms with Gasteiger partial charge in [0, 0.05) is 19.4 Å². The molecular weight excluding hydrogens is 403 g/mol. The second-order valence-electron chi connectivity index (χ2n) is 5.17. The van der Waals surface area contributed by atoms with E-state index in [4.69, 9.17) is 11.6 Å². The molecule has 0 bridgehead atoms. The topological polar surface area (TPSA) is 59.0 Å². The third-order valence-electron chi connectivity index (χ3n) is 3.23. The molecule has 1 atom stereocenters. The molecular formula is C14H12ClF5N4OS. The van der Waals surface area contributed by atoms with Gasteiger partial charge < -0.3 is 9.88 Å². The molecule has 0 saturated heterocycles. The number of nitrogens with zero attached hydrogens (tertiary/aromatic N) is 2. The van der Waals surface area contributed by atoms with Gasteiger partial charge in [0.05, 0.1) is 10.6 Å². The van der Waals surface area contributed by atoms with E-state index in [0.29, 0.717) is 11.9 Å². The van der Waals surface area contributed by atoms with Crippen LogP contribution in [0.4, 0.5) is 27.6 Å². The lowest BCUT2D eigenvalue weighted by Gasteiger charge is -2.15. The van der Waals surface area contributed by atoms with Crippen LogP contribution in [-0.4, -0.2) is 27.7 Å². The number of halogens is 6. The van der Waals surface area contributed by atoms with Gasteiger partial charge in [0.15, 0.2) is 16.8 Å². The third kappa shape index (κ3) is 4.46. The number of carbonyl (C=O) groups excluding carboxylic acids is 1. The van der Waals surface area contributed by atoms with Crippen LogP contribution in [0.2, 0.25) is 5.15 Å². The molecule has 2 rings (SSSR count). The first-order valence-corrected chi connectivity index (χ1v) is 8.17. The van der Waals surface area contributed by atoms with Crippen LogP contribution in [0.15, 0.2) is 23.4 Å². The Bertz CT molecular complexity index is 826. The van der Waals surface area contributed by atoms with Crippen LogP contribution >= 0.6 is 23.5 Å². The van der Waals surface area contributed by atoms with E-state index in [0.717, 1.165) is 30.0 Å².